The fourth-order valence-corrected chi connectivity index (χ4v) is 3.94. The molecule has 33 heavy (non-hydrogen) atoms. The Balaban J connectivity index is 1.69. The van der Waals surface area contributed by atoms with Crippen LogP contribution in [0.3, 0.4) is 0 Å². The van der Waals surface area contributed by atoms with Gasteiger partial charge in [0.1, 0.15) is 17.7 Å². The number of nitrogens with zero attached hydrogens (tertiary/aromatic N) is 5. The molecule has 4 rings (SSSR count). The molecule has 0 radical (unpaired) electrons. The van der Waals surface area contributed by atoms with Crippen LogP contribution >= 0.6 is 0 Å². The predicted octanol–water partition coefficient (Wildman–Crippen LogP) is 0.541. The van der Waals surface area contributed by atoms with Crippen molar-refractivity contribution >= 4 is 34.2 Å². The van der Waals surface area contributed by atoms with Gasteiger partial charge < -0.3 is 15.1 Å². The van der Waals surface area contributed by atoms with Crippen molar-refractivity contribution in [1.29, 1.82) is 0 Å². The minimum absolute atomic E-state index is 0.00819. The third-order valence-corrected chi connectivity index (χ3v) is 5.70. The molecular formula is C22H23FN6O4. The first kappa shape index (κ1) is 22.2. The smallest absolute Gasteiger partial charge is 0.332 e. The molecule has 0 atom stereocenters. The summed E-state index contributed by atoms with van der Waals surface area (Å²) in [5.74, 6) is -1.05. The van der Waals surface area contributed by atoms with Crippen LogP contribution in [-0.2, 0) is 23.2 Å². The molecule has 3 heterocycles. The number of aromatic nitrogens is 3. The van der Waals surface area contributed by atoms with Crippen LogP contribution in [0.4, 0.5) is 15.8 Å². The van der Waals surface area contributed by atoms with Crippen molar-refractivity contribution in [2.75, 3.05) is 36.4 Å². The van der Waals surface area contributed by atoms with Gasteiger partial charge in [0.15, 0.2) is 5.65 Å². The Morgan fingerprint density at radius 2 is 1.73 bits per heavy atom. The number of halogens is 1. The lowest BCUT2D eigenvalue weighted by molar-refractivity contribution is -0.129. The van der Waals surface area contributed by atoms with Gasteiger partial charge in [-0.2, -0.15) is 0 Å². The van der Waals surface area contributed by atoms with Crippen molar-refractivity contribution in [3.05, 3.63) is 63.2 Å². The highest BCUT2D eigenvalue weighted by molar-refractivity contribution is 5.92. The van der Waals surface area contributed by atoms with E-state index in [-0.39, 0.29) is 16.9 Å². The van der Waals surface area contributed by atoms with E-state index in [9.17, 15) is 23.6 Å². The second-order valence-corrected chi connectivity index (χ2v) is 7.81. The summed E-state index contributed by atoms with van der Waals surface area (Å²) in [6.45, 7) is 3.07. The Morgan fingerprint density at radius 1 is 1.06 bits per heavy atom. The number of hydrogen-bond acceptors (Lipinski definition) is 6. The van der Waals surface area contributed by atoms with E-state index in [1.165, 1.54) is 49.0 Å². The topological polar surface area (TPSA) is 110 Å². The average Bonchev–Trinajstić information content (AvgIpc) is 2.81. The number of amides is 2. The quantitative estimate of drug-likeness (QED) is 0.616. The number of aryl methyl sites for hydroxylation is 1. The van der Waals surface area contributed by atoms with Gasteiger partial charge in [-0.25, -0.2) is 14.2 Å². The SMILES string of the molecule is CC(=O)N1CCN(c2ccnc3c2c(=O)n(CC(=O)Nc2ccc(F)cc2)c(=O)n3C)CC1. The second-order valence-electron chi connectivity index (χ2n) is 7.81. The van der Waals surface area contributed by atoms with Crippen LogP contribution in [0.15, 0.2) is 46.1 Å². The summed E-state index contributed by atoms with van der Waals surface area (Å²) in [7, 11) is 1.49. The van der Waals surface area contributed by atoms with Crippen LogP contribution < -0.4 is 21.5 Å². The van der Waals surface area contributed by atoms with Crippen molar-refractivity contribution in [1.82, 2.24) is 19.0 Å². The van der Waals surface area contributed by atoms with Crippen molar-refractivity contribution < 1.29 is 14.0 Å². The summed E-state index contributed by atoms with van der Waals surface area (Å²) in [5, 5.41) is 2.78. The molecule has 0 bridgehead atoms. The Kier molecular flexibility index (Phi) is 5.95. The summed E-state index contributed by atoms with van der Waals surface area (Å²) in [6, 6.07) is 6.86. The largest absolute Gasteiger partial charge is 0.367 e. The molecule has 0 aliphatic carbocycles. The van der Waals surface area contributed by atoms with Gasteiger partial charge in [0.2, 0.25) is 11.8 Å². The minimum atomic E-state index is -0.673. The van der Waals surface area contributed by atoms with Crippen molar-refractivity contribution in [3.63, 3.8) is 0 Å². The first-order valence-corrected chi connectivity index (χ1v) is 10.4. The molecule has 1 aromatic carbocycles. The molecule has 10 nitrogen and oxygen atoms in total. The molecule has 11 heteroatoms. The van der Waals surface area contributed by atoms with E-state index < -0.39 is 29.5 Å². The predicted molar refractivity (Wildman–Crippen MR) is 121 cm³/mol. The van der Waals surface area contributed by atoms with Crippen LogP contribution in [0.5, 0.6) is 0 Å². The number of benzene rings is 1. The van der Waals surface area contributed by atoms with Crippen LogP contribution in [0.25, 0.3) is 11.0 Å². The lowest BCUT2D eigenvalue weighted by Gasteiger charge is -2.36. The molecule has 0 saturated carbocycles. The fraction of sp³-hybridized carbons (Fsp3) is 0.318. The Morgan fingerprint density at radius 3 is 2.36 bits per heavy atom. The highest BCUT2D eigenvalue weighted by Gasteiger charge is 2.24. The molecule has 0 unspecified atom stereocenters. The van der Waals surface area contributed by atoms with Gasteiger partial charge in [-0.1, -0.05) is 0 Å². The molecule has 3 aromatic rings. The lowest BCUT2D eigenvalue weighted by atomic mass is 10.2. The first-order valence-electron chi connectivity index (χ1n) is 10.4. The first-order chi connectivity index (χ1) is 15.8. The van der Waals surface area contributed by atoms with Gasteiger partial charge in [-0.05, 0) is 30.3 Å². The zero-order valence-electron chi connectivity index (χ0n) is 18.2. The lowest BCUT2D eigenvalue weighted by Crippen LogP contribution is -2.49. The third-order valence-electron chi connectivity index (χ3n) is 5.70. The van der Waals surface area contributed by atoms with E-state index in [1.807, 2.05) is 4.90 Å². The van der Waals surface area contributed by atoms with E-state index in [2.05, 4.69) is 10.3 Å². The van der Waals surface area contributed by atoms with Crippen LogP contribution in [-0.4, -0.2) is 57.0 Å². The average molecular weight is 454 g/mol. The summed E-state index contributed by atoms with van der Waals surface area (Å²) < 4.78 is 15.2. The maximum absolute atomic E-state index is 13.4. The number of carbonyl (C=O) groups excluding carboxylic acids is 2. The summed E-state index contributed by atoms with van der Waals surface area (Å²) in [5.41, 5.74) is -0.145. The zero-order chi connectivity index (χ0) is 23.7. The number of rotatable bonds is 4. The van der Waals surface area contributed by atoms with Gasteiger partial charge in [0, 0.05) is 52.0 Å². The maximum atomic E-state index is 13.4. The van der Waals surface area contributed by atoms with Crippen LogP contribution in [0.1, 0.15) is 6.92 Å². The maximum Gasteiger partial charge on any atom is 0.332 e. The van der Waals surface area contributed by atoms with E-state index in [0.717, 1.165) is 4.57 Å². The third kappa shape index (κ3) is 4.34. The molecular weight excluding hydrogens is 431 g/mol. The number of fused-ring (bicyclic) bond motifs is 1. The highest BCUT2D eigenvalue weighted by atomic mass is 19.1. The van der Waals surface area contributed by atoms with E-state index in [4.69, 9.17) is 0 Å². The van der Waals surface area contributed by atoms with Crippen molar-refractivity contribution in [3.8, 4) is 0 Å². The number of hydrogen-bond donors (Lipinski definition) is 1. The molecule has 0 spiro atoms. The molecule has 172 valence electrons. The fourth-order valence-electron chi connectivity index (χ4n) is 3.94. The number of anilines is 2. The summed E-state index contributed by atoms with van der Waals surface area (Å²) >= 11 is 0. The van der Waals surface area contributed by atoms with Gasteiger partial charge in [0.05, 0.1) is 5.69 Å². The minimum Gasteiger partial charge on any atom is -0.367 e. The Labute approximate surface area is 187 Å². The van der Waals surface area contributed by atoms with Gasteiger partial charge in [0.25, 0.3) is 5.56 Å². The zero-order valence-corrected chi connectivity index (χ0v) is 18.2. The number of carbonyl (C=O) groups is 2. The molecule has 1 aliphatic heterocycles. The monoisotopic (exact) mass is 454 g/mol. The van der Waals surface area contributed by atoms with E-state index in [1.54, 1.807) is 11.0 Å². The Hall–Kier alpha value is -4.02. The molecule has 1 saturated heterocycles. The van der Waals surface area contributed by atoms with Crippen LogP contribution in [0, 0.1) is 5.82 Å². The number of nitrogens with one attached hydrogen (secondary N) is 1. The summed E-state index contributed by atoms with van der Waals surface area (Å²) in [4.78, 5) is 58.3. The Bertz CT molecular complexity index is 1340. The molecule has 1 N–H and O–H groups in total. The van der Waals surface area contributed by atoms with Gasteiger partial charge in [-0.15, -0.1) is 0 Å². The molecule has 1 fully saturated rings. The van der Waals surface area contributed by atoms with E-state index >= 15 is 0 Å². The normalized spacial score (nSPS) is 13.9. The highest BCUT2D eigenvalue weighted by Crippen LogP contribution is 2.23. The van der Waals surface area contributed by atoms with Crippen molar-refractivity contribution in [2.24, 2.45) is 7.05 Å². The standard InChI is InChI=1S/C22H23FN6O4/c1-14(30)27-9-11-28(12-10-27)17-7-8-24-20-19(17)21(32)29(22(33)26(20)2)13-18(31)25-16-5-3-15(23)4-6-16/h3-8H,9-13H2,1-2H3,(H,25,31). The molecule has 1 aliphatic rings. The number of pyridine rings is 1. The summed E-state index contributed by atoms with van der Waals surface area (Å²) in [6.07, 6.45) is 1.53. The molecule has 2 amide bonds. The van der Waals surface area contributed by atoms with Gasteiger partial charge >= 0.3 is 5.69 Å². The van der Waals surface area contributed by atoms with Crippen molar-refractivity contribution in [2.45, 2.75) is 13.5 Å². The van der Waals surface area contributed by atoms with Gasteiger partial charge in [-0.3, -0.25) is 23.5 Å². The second kappa shape index (κ2) is 8.85. The van der Waals surface area contributed by atoms with Crippen LogP contribution in [0.2, 0.25) is 0 Å². The number of piperazine rings is 1. The molecule has 2 aromatic heterocycles. The van der Waals surface area contributed by atoms with E-state index in [0.29, 0.717) is 37.6 Å².